The van der Waals surface area contributed by atoms with Gasteiger partial charge in [-0.3, -0.25) is 10.1 Å². The third-order valence-corrected chi connectivity index (χ3v) is 5.99. The van der Waals surface area contributed by atoms with E-state index in [4.69, 9.17) is 9.73 Å². The van der Waals surface area contributed by atoms with Crippen LogP contribution in [0.15, 0.2) is 52.8 Å². The third kappa shape index (κ3) is 4.31. The number of nitro benzene ring substituents is 1. The van der Waals surface area contributed by atoms with Crippen LogP contribution in [0.1, 0.15) is 24.0 Å². The SMILES string of the molecule is Cc1ccc(N=c2scc(-c3cccc([N+](=O)[O-])c3)n2CC2CCCO2)c(C)c1. The van der Waals surface area contributed by atoms with Crippen LogP contribution >= 0.6 is 11.3 Å². The lowest BCUT2D eigenvalue weighted by molar-refractivity contribution is -0.384. The van der Waals surface area contributed by atoms with E-state index in [-0.39, 0.29) is 16.7 Å². The molecule has 150 valence electrons. The number of hydrogen-bond donors (Lipinski definition) is 0. The molecule has 0 spiro atoms. The molecule has 1 aliphatic heterocycles. The average Bonchev–Trinajstić information content (AvgIpc) is 3.35. The number of thiazole rings is 1. The molecule has 6 nitrogen and oxygen atoms in total. The molecule has 1 saturated heterocycles. The highest BCUT2D eigenvalue weighted by Gasteiger charge is 2.20. The summed E-state index contributed by atoms with van der Waals surface area (Å²) in [5.41, 5.74) is 5.10. The monoisotopic (exact) mass is 409 g/mol. The lowest BCUT2D eigenvalue weighted by Crippen LogP contribution is -2.24. The number of rotatable bonds is 5. The van der Waals surface area contributed by atoms with Gasteiger partial charge in [0.1, 0.15) is 0 Å². The van der Waals surface area contributed by atoms with Gasteiger partial charge in [-0.25, -0.2) is 4.99 Å². The highest BCUT2D eigenvalue weighted by atomic mass is 32.1. The summed E-state index contributed by atoms with van der Waals surface area (Å²) in [6.07, 6.45) is 2.21. The molecule has 7 heteroatoms. The molecule has 0 saturated carbocycles. The van der Waals surface area contributed by atoms with Crippen molar-refractivity contribution in [3.8, 4) is 11.3 Å². The van der Waals surface area contributed by atoms with Crippen molar-refractivity contribution in [1.82, 2.24) is 4.57 Å². The quantitative estimate of drug-likeness (QED) is 0.432. The number of aryl methyl sites for hydroxylation is 2. The van der Waals surface area contributed by atoms with Gasteiger partial charge in [0.15, 0.2) is 4.80 Å². The predicted octanol–water partition coefficient (Wildman–Crippen LogP) is 5.15. The van der Waals surface area contributed by atoms with Gasteiger partial charge in [0, 0.05) is 29.7 Å². The fraction of sp³-hybridized carbons (Fsp3) is 0.318. The van der Waals surface area contributed by atoms with Crippen molar-refractivity contribution in [3.63, 3.8) is 0 Å². The first-order chi connectivity index (χ1) is 14.0. The van der Waals surface area contributed by atoms with Gasteiger partial charge in [0.25, 0.3) is 5.69 Å². The Morgan fingerprint density at radius 2 is 2.14 bits per heavy atom. The maximum Gasteiger partial charge on any atom is 0.270 e. The van der Waals surface area contributed by atoms with Gasteiger partial charge >= 0.3 is 0 Å². The van der Waals surface area contributed by atoms with Crippen LogP contribution in [-0.2, 0) is 11.3 Å². The van der Waals surface area contributed by atoms with E-state index in [1.54, 1.807) is 23.5 Å². The molecule has 29 heavy (non-hydrogen) atoms. The Morgan fingerprint density at radius 1 is 1.28 bits per heavy atom. The van der Waals surface area contributed by atoms with Crippen molar-refractivity contribution in [1.29, 1.82) is 0 Å². The number of ether oxygens (including phenoxy) is 1. The van der Waals surface area contributed by atoms with Crippen molar-refractivity contribution in [2.24, 2.45) is 4.99 Å². The predicted molar refractivity (Wildman–Crippen MR) is 115 cm³/mol. The molecule has 0 aliphatic carbocycles. The van der Waals surface area contributed by atoms with Crippen molar-refractivity contribution in [2.75, 3.05) is 6.61 Å². The van der Waals surface area contributed by atoms with Crippen molar-refractivity contribution < 1.29 is 9.66 Å². The minimum absolute atomic E-state index is 0.0882. The van der Waals surface area contributed by atoms with Gasteiger partial charge < -0.3 is 9.30 Å². The van der Waals surface area contributed by atoms with Gasteiger partial charge in [-0.05, 0) is 38.3 Å². The van der Waals surface area contributed by atoms with E-state index in [1.165, 1.54) is 11.6 Å². The summed E-state index contributed by atoms with van der Waals surface area (Å²) in [5, 5.41) is 13.2. The molecule has 0 amide bonds. The van der Waals surface area contributed by atoms with Crippen LogP contribution in [0.2, 0.25) is 0 Å². The Balaban J connectivity index is 1.82. The van der Waals surface area contributed by atoms with Crippen LogP contribution in [-0.4, -0.2) is 22.2 Å². The minimum Gasteiger partial charge on any atom is -0.376 e. The van der Waals surface area contributed by atoms with Crippen LogP contribution in [0.4, 0.5) is 11.4 Å². The van der Waals surface area contributed by atoms with Crippen LogP contribution in [0, 0.1) is 24.0 Å². The second-order valence-electron chi connectivity index (χ2n) is 7.36. The van der Waals surface area contributed by atoms with Gasteiger partial charge in [0.2, 0.25) is 0 Å². The molecule has 4 rings (SSSR count). The fourth-order valence-corrected chi connectivity index (χ4v) is 4.56. The van der Waals surface area contributed by atoms with Crippen molar-refractivity contribution in [2.45, 2.75) is 39.3 Å². The van der Waals surface area contributed by atoms with E-state index in [1.807, 2.05) is 17.5 Å². The molecule has 2 aromatic carbocycles. The molecular weight excluding hydrogens is 386 g/mol. The zero-order valence-electron chi connectivity index (χ0n) is 16.5. The summed E-state index contributed by atoms with van der Waals surface area (Å²) in [7, 11) is 0. The van der Waals surface area contributed by atoms with E-state index >= 15 is 0 Å². The molecule has 3 aromatic rings. The number of aromatic nitrogens is 1. The standard InChI is InChI=1S/C22H23N3O3S/c1-15-8-9-20(16(2)11-15)23-22-24(13-19-7-4-10-28-19)21(14-29-22)17-5-3-6-18(12-17)25(26)27/h3,5-6,8-9,11-12,14,19H,4,7,10,13H2,1-2H3. The van der Waals surface area contributed by atoms with Crippen LogP contribution in [0.25, 0.3) is 11.3 Å². The highest BCUT2D eigenvalue weighted by molar-refractivity contribution is 7.07. The molecular formula is C22H23N3O3S. The molecule has 0 radical (unpaired) electrons. The van der Waals surface area contributed by atoms with Crippen LogP contribution in [0.3, 0.4) is 0 Å². The lowest BCUT2D eigenvalue weighted by atomic mass is 10.1. The number of benzene rings is 2. The third-order valence-electron chi connectivity index (χ3n) is 5.13. The smallest absolute Gasteiger partial charge is 0.270 e. The van der Waals surface area contributed by atoms with Gasteiger partial charge in [-0.15, -0.1) is 11.3 Å². The zero-order valence-corrected chi connectivity index (χ0v) is 17.3. The largest absolute Gasteiger partial charge is 0.376 e. The first kappa shape index (κ1) is 19.5. The normalized spacial score (nSPS) is 17.0. The molecule has 0 N–H and O–H groups in total. The Labute approximate surface area is 173 Å². The van der Waals surface area contributed by atoms with E-state index in [0.29, 0.717) is 6.54 Å². The highest BCUT2D eigenvalue weighted by Crippen LogP contribution is 2.27. The van der Waals surface area contributed by atoms with Crippen LogP contribution < -0.4 is 4.80 Å². The topological polar surface area (TPSA) is 69.7 Å². The minimum atomic E-state index is -0.360. The summed E-state index contributed by atoms with van der Waals surface area (Å²) in [6, 6.07) is 13.0. The maximum absolute atomic E-state index is 11.2. The summed E-state index contributed by atoms with van der Waals surface area (Å²) >= 11 is 1.55. The lowest BCUT2D eigenvalue weighted by Gasteiger charge is -2.14. The second kappa shape index (κ2) is 8.31. The molecule has 1 unspecified atom stereocenters. The van der Waals surface area contributed by atoms with Gasteiger partial charge in [-0.2, -0.15) is 0 Å². The Kier molecular flexibility index (Phi) is 5.60. The Morgan fingerprint density at radius 3 is 2.86 bits per heavy atom. The summed E-state index contributed by atoms with van der Waals surface area (Å²) in [5.74, 6) is 0. The summed E-state index contributed by atoms with van der Waals surface area (Å²) in [4.78, 5) is 16.7. The van der Waals surface area contributed by atoms with E-state index in [2.05, 4.69) is 30.5 Å². The van der Waals surface area contributed by atoms with Gasteiger partial charge in [-0.1, -0.05) is 29.8 Å². The molecule has 1 fully saturated rings. The number of nitro groups is 1. The summed E-state index contributed by atoms with van der Waals surface area (Å²) in [6.45, 7) is 5.60. The average molecular weight is 410 g/mol. The Hall–Kier alpha value is -2.77. The number of nitrogens with zero attached hydrogens (tertiary/aromatic N) is 3. The number of hydrogen-bond acceptors (Lipinski definition) is 5. The van der Waals surface area contributed by atoms with E-state index < -0.39 is 0 Å². The summed E-state index contributed by atoms with van der Waals surface area (Å²) < 4.78 is 8.00. The first-order valence-electron chi connectivity index (χ1n) is 9.68. The molecule has 2 heterocycles. The molecule has 1 aromatic heterocycles. The van der Waals surface area contributed by atoms with Gasteiger partial charge in [0.05, 0.1) is 29.0 Å². The molecule has 0 bridgehead atoms. The van der Waals surface area contributed by atoms with Crippen molar-refractivity contribution >= 4 is 22.7 Å². The molecule has 1 aliphatic rings. The zero-order chi connectivity index (χ0) is 20.4. The van der Waals surface area contributed by atoms with Crippen LogP contribution in [0.5, 0.6) is 0 Å². The first-order valence-corrected chi connectivity index (χ1v) is 10.6. The molecule has 1 atom stereocenters. The van der Waals surface area contributed by atoms with Crippen molar-refractivity contribution in [3.05, 3.63) is 73.9 Å². The fourth-order valence-electron chi connectivity index (χ4n) is 3.63. The maximum atomic E-state index is 11.2. The second-order valence-corrected chi connectivity index (χ2v) is 8.19. The van der Waals surface area contributed by atoms with E-state index in [9.17, 15) is 10.1 Å². The van der Waals surface area contributed by atoms with E-state index in [0.717, 1.165) is 46.8 Å². The Bertz CT molecular complexity index is 1110. The number of non-ortho nitro benzene ring substituents is 1.